The number of aliphatic hydroxyl groups excluding tert-OH is 3. The minimum absolute atomic E-state index is 0.0129. The van der Waals surface area contributed by atoms with Gasteiger partial charge in [0.25, 0.3) is 5.91 Å². The maximum Gasteiger partial charge on any atom is 0.252 e. The van der Waals surface area contributed by atoms with Gasteiger partial charge in [0.05, 0.1) is 24.9 Å². The molecule has 9 N–H and O–H groups in total. The number of benzene rings is 5. The van der Waals surface area contributed by atoms with E-state index in [4.69, 9.17) is 10.5 Å². The average Bonchev–Trinajstić information content (AvgIpc) is 3.21. The van der Waals surface area contributed by atoms with Crippen molar-refractivity contribution in [3.8, 4) is 11.5 Å². The molecular formula is C45H54N4O7. The molecule has 0 spiro atoms. The standard InChI is InChI=1S/C27H32N2O4.C18H22N2O3/c1-19(14-20-6-4-3-5-7-20)28-17-26(31)23-11-10-22(25(16-23)29-27(32)18-30)15-21-8-12-24(33-2)13-9-21;1-12(9-13-5-3-2-4-6-13)20-11-17(22)14-7-8-16(21)15(10-14)18(19)23/h3-13,16,19,26,28,30-31H,14-15,17-18H2,1-2H3,(H,29,32);2-8,10,12,17,20-22H,9,11H2,1H3,(H2,19,23)/t19-,26+;12-,17+/m11/s1. The van der Waals surface area contributed by atoms with Crippen LogP contribution in [0.15, 0.2) is 121 Å². The minimum atomic E-state index is -0.785. The number of hydrogen-bond donors (Lipinski definition) is 8. The van der Waals surface area contributed by atoms with Crippen molar-refractivity contribution in [1.29, 1.82) is 0 Å². The number of hydrogen-bond acceptors (Lipinski definition) is 9. The molecule has 5 aromatic carbocycles. The number of rotatable bonds is 18. The number of ether oxygens (including phenoxy) is 1. The first-order valence-electron chi connectivity index (χ1n) is 18.7. The first kappa shape index (κ1) is 43.2. The Morgan fingerprint density at radius 3 is 1.71 bits per heavy atom. The highest BCUT2D eigenvalue weighted by Gasteiger charge is 2.16. The van der Waals surface area contributed by atoms with Crippen molar-refractivity contribution in [1.82, 2.24) is 10.6 Å². The van der Waals surface area contributed by atoms with E-state index in [1.165, 1.54) is 23.3 Å². The molecule has 296 valence electrons. The third-order valence-corrected chi connectivity index (χ3v) is 9.25. The van der Waals surface area contributed by atoms with Crippen molar-refractivity contribution in [3.05, 3.63) is 160 Å². The largest absolute Gasteiger partial charge is 0.507 e. The maximum absolute atomic E-state index is 11.9. The fraction of sp³-hybridized carbons (Fsp3) is 0.289. The zero-order chi connectivity index (χ0) is 40.5. The van der Waals surface area contributed by atoms with Crippen molar-refractivity contribution in [2.75, 3.05) is 32.1 Å². The summed E-state index contributed by atoms with van der Waals surface area (Å²) in [6, 6.07) is 38.4. The Hall–Kier alpha value is -5.56. The summed E-state index contributed by atoms with van der Waals surface area (Å²) >= 11 is 0. The van der Waals surface area contributed by atoms with Gasteiger partial charge >= 0.3 is 0 Å². The van der Waals surface area contributed by atoms with Crippen LogP contribution in [0, 0.1) is 0 Å². The smallest absolute Gasteiger partial charge is 0.252 e. The molecule has 0 aliphatic rings. The average molecular weight is 763 g/mol. The van der Waals surface area contributed by atoms with Crippen LogP contribution in [0.1, 0.15) is 69.8 Å². The van der Waals surface area contributed by atoms with E-state index in [1.807, 2.05) is 79.7 Å². The van der Waals surface area contributed by atoms with E-state index in [0.29, 0.717) is 36.3 Å². The van der Waals surface area contributed by atoms with Crippen molar-refractivity contribution >= 4 is 17.5 Å². The first-order chi connectivity index (χ1) is 26.9. The number of nitrogens with two attached hydrogens (primary N) is 1. The lowest BCUT2D eigenvalue weighted by molar-refractivity contribution is -0.118. The second-order valence-corrected chi connectivity index (χ2v) is 13.8. The van der Waals surface area contributed by atoms with Crippen LogP contribution in [-0.4, -0.2) is 71.1 Å². The fourth-order valence-corrected chi connectivity index (χ4v) is 6.12. The van der Waals surface area contributed by atoms with Gasteiger partial charge in [0.2, 0.25) is 5.91 Å². The van der Waals surface area contributed by atoms with Crippen LogP contribution in [0.5, 0.6) is 11.5 Å². The van der Waals surface area contributed by atoms with Gasteiger partial charge in [-0.2, -0.15) is 0 Å². The molecule has 5 aromatic rings. The molecule has 0 unspecified atom stereocenters. The molecule has 11 nitrogen and oxygen atoms in total. The molecule has 0 fully saturated rings. The number of nitrogens with one attached hydrogen (secondary N) is 3. The molecular weight excluding hydrogens is 709 g/mol. The highest BCUT2D eigenvalue weighted by molar-refractivity contribution is 5.95. The van der Waals surface area contributed by atoms with Gasteiger partial charge in [-0.05, 0) is 96.8 Å². The predicted octanol–water partition coefficient (Wildman–Crippen LogP) is 5.22. The predicted molar refractivity (Wildman–Crippen MR) is 220 cm³/mol. The Balaban J connectivity index is 0.000000265. The Kier molecular flexibility index (Phi) is 17.0. The molecule has 0 aliphatic heterocycles. The van der Waals surface area contributed by atoms with Crippen LogP contribution >= 0.6 is 0 Å². The van der Waals surface area contributed by atoms with E-state index in [1.54, 1.807) is 19.2 Å². The van der Waals surface area contributed by atoms with E-state index in [0.717, 1.165) is 29.7 Å². The Morgan fingerprint density at radius 1 is 0.696 bits per heavy atom. The van der Waals surface area contributed by atoms with Crippen molar-refractivity contribution in [3.63, 3.8) is 0 Å². The van der Waals surface area contributed by atoms with Gasteiger partial charge in [0.15, 0.2) is 0 Å². The number of carbonyl (C=O) groups is 2. The number of amides is 2. The topological polar surface area (TPSA) is 186 Å². The number of primary amides is 1. The van der Waals surface area contributed by atoms with Crippen LogP contribution in [0.4, 0.5) is 5.69 Å². The minimum Gasteiger partial charge on any atom is -0.507 e. The molecule has 0 bridgehead atoms. The molecule has 5 rings (SSSR count). The molecule has 0 heterocycles. The van der Waals surface area contributed by atoms with Crippen LogP contribution in [0.3, 0.4) is 0 Å². The van der Waals surface area contributed by atoms with Crippen molar-refractivity contribution in [2.45, 2.75) is 57.4 Å². The number of aromatic hydroxyl groups is 1. The fourth-order valence-electron chi connectivity index (χ4n) is 6.12. The van der Waals surface area contributed by atoms with E-state index < -0.39 is 30.6 Å². The summed E-state index contributed by atoms with van der Waals surface area (Å²) in [5.41, 5.74) is 11.4. The highest BCUT2D eigenvalue weighted by Crippen LogP contribution is 2.26. The summed E-state index contributed by atoms with van der Waals surface area (Å²) in [5, 5.41) is 49.1. The normalized spacial score (nSPS) is 13.0. The number of aliphatic hydroxyl groups is 3. The number of anilines is 1. The maximum atomic E-state index is 11.9. The monoisotopic (exact) mass is 762 g/mol. The summed E-state index contributed by atoms with van der Waals surface area (Å²) in [7, 11) is 1.62. The van der Waals surface area contributed by atoms with Gasteiger partial charge < -0.3 is 46.8 Å². The third-order valence-electron chi connectivity index (χ3n) is 9.25. The van der Waals surface area contributed by atoms with Crippen LogP contribution in [0.25, 0.3) is 0 Å². The van der Waals surface area contributed by atoms with Crippen molar-refractivity contribution in [2.24, 2.45) is 5.73 Å². The van der Waals surface area contributed by atoms with Gasteiger partial charge in [-0.15, -0.1) is 0 Å². The number of carbonyl (C=O) groups excluding carboxylic acids is 2. The Bertz CT molecular complexity index is 1960. The van der Waals surface area contributed by atoms with Crippen LogP contribution < -0.4 is 26.4 Å². The zero-order valence-electron chi connectivity index (χ0n) is 32.2. The highest BCUT2D eigenvalue weighted by atomic mass is 16.5. The summed E-state index contributed by atoms with van der Waals surface area (Å²) in [4.78, 5) is 23.1. The molecule has 56 heavy (non-hydrogen) atoms. The van der Waals surface area contributed by atoms with Crippen LogP contribution in [0.2, 0.25) is 0 Å². The molecule has 0 saturated carbocycles. The lowest BCUT2D eigenvalue weighted by atomic mass is 9.99. The van der Waals surface area contributed by atoms with E-state index in [2.05, 4.69) is 47.1 Å². The van der Waals surface area contributed by atoms with Crippen LogP contribution in [-0.2, 0) is 24.1 Å². The molecule has 2 amide bonds. The summed E-state index contributed by atoms with van der Waals surface area (Å²) < 4.78 is 5.21. The van der Waals surface area contributed by atoms with Gasteiger partial charge in [0.1, 0.15) is 18.1 Å². The summed E-state index contributed by atoms with van der Waals surface area (Å²) in [6.07, 6.45) is 0.797. The SMILES string of the molecule is COc1ccc(Cc2ccc([C@@H](O)CN[C@H](C)Cc3ccccc3)cc2NC(=O)CO)cc1.C[C@H](Cc1ccccc1)NC[C@H](O)c1ccc(O)c(C(N)=O)c1. The lowest BCUT2D eigenvalue weighted by Gasteiger charge is -2.19. The molecule has 0 aromatic heterocycles. The second kappa shape index (κ2) is 22.1. The lowest BCUT2D eigenvalue weighted by Crippen LogP contribution is -2.32. The Morgan fingerprint density at radius 2 is 1.21 bits per heavy atom. The van der Waals surface area contributed by atoms with Gasteiger partial charge in [-0.25, -0.2) is 0 Å². The van der Waals surface area contributed by atoms with Gasteiger partial charge in [-0.3, -0.25) is 9.59 Å². The zero-order valence-corrected chi connectivity index (χ0v) is 32.2. The molecule has 0 saturated heterocycles. The van der Waals surface area contributed by atoms with Gasteiger partial charge in [-0.1, -0.05) is 91.0 Å². The quantitative estimate of drug-likeness (QED) is 0.0593. The van der Waals surface area contributed by atoms with E-state index >= 15 is 0 Å². The molecule has 0 aliphatic carbocycles. The number of phenols is 1. The molecule has 11 heteroatoms. The van der Waals surface area contributed by atoms with Gasteiger partial charge in [0, 0.05) is 30.9 Å². The van der Waals surface area contributed by atoms with E-state index in [9.17, 15) is 30.0 Å². The van der Waals surface area contributed by atoms with Crippen molar-refractivity contribution < 1.29 is 34.8 Å². The molecule has 4 atom stereocenters. The van der Waals surface area contributed by atoms with E-state index in [-0.39, 0.29) is 23.4 Å². The first-order valence-corrected chi connectivity index (χ1v) is 18.7. The second-order valence-electron chi connectivity index (χ2n) is 13.8. The molecule has 0 radical (unpaired) electrons. The summed E-state index contributed by atoms with van der Waals surface area (Å²) in [6.45, 7) is 4.26. The third kappa shape index (κ3) is 13.9. The number of methoxy groups -OCH3 is 1. The summed E-state index contributed by atoms with van der Waals surface area (Å²) in [5.74, 6) is -0.618. The Labute approximate surface area is 329 Å².